The summed E-state index contributed by atoms with van der Waals surface area (Å²) in [7, 11) is 1.70. The number of aryl methyl sites for hydroxylation is 2. The van der Waals surface area contributed by atoms with E-state index in [0.717, 1.165) is 30.8 Å². The van der Waals surface area contributed by atoms with Gasteiger partial charge in [0, 0.05) is 26.6 Å². The van der Waals surface area contributed by atoms with E-state index in [1.165, 1.54) is 17.2 Å². The first-order valence-electron chi connectivity index (χ1n) is 13.0. The number of unbranched alkanes of at least 4 members (excludes halogenated alkanes) is 1. The van der Waals surface area contributed by atoms with Crippen molar-refractivity contribution in [2.24, 2.45) is 0 Å². The van der Waals surface area contributed by atoms with E-state index in [9.17, 15) is 14.0 Å². The molecule has 0 spiro atoms. The van der Waals surface area contributed by atoms with E-state index in [-0.39, 0.29) is 23.4 Å². The minimum atomic E-state index is -0.488. The van der Waals surface area contributed by atoms with E-state index >= 15 is 0 Å². The highest BCUT2D eigenvalue weighted by Crippen LogP contribution is 2.18. The molecule has 0 aliphatic carbocycles. The number of ether oxygens (including phenoxy) is 1. The second-order valence-electron chi connectivity index (χ2n) is 9.35. The molecule has 204 valence electrons. The maximum atomic E-state index is 13.9. The minimum absolute atomic E-state index is 0.0670. The lowest BCUT2D eigenvalue weighted by Crippen LogP contribution is -2.48. The number of rotatable bonds is 17. The molecule has 2 aromatic carbocycles. The van der Waals surface area contributed by atoms with E-state index in [4.69, 9.17) is 4.74 Å². The van der Waals surface area contributed by atoms with Crippen LogP contribution in [-0.2, 0) is 16.1 Å². The van der Waals surface area contributed by atoms with Crippen LogP contribution >= 0.6 is 11.8 Å². The van der Waals surface area contributed by atoms with E-state index in [1.54, 1.807) is 35.8 Å². The van der Waals surface area contributed by atoms with Crippen molar-refractivity contribution in [2.75, 3.05) is 38.8 Å². The lowest BCUT2D eigenvalue weighted by atomic mass is 10.1. The van der Waals surface area contributed by atoms with Crippen LogP contribution in [0.5, 0.6) is 5.75 Å². The smallest absolute Gasteiger partial charge is 0.242 e. The quantitative estimate of drug-likeness (QED) is 0.285. The monoisotopic (exact) mass is 531 g/mol. The molecule has 1 unspecified atom stereocenters. The number of carbonyl (C=O) groups excluding carboxylic acids is 2. The summed E-state index contributed by atoms with van der Waals surface area (Å²) in [4.78, 5) is 27.2. The topological polar surface area (TPSA) is 70.7 Å². The number of halogens is 1. The Kier molecular flexibility index (Phi) is 14.1. The lowest BCUT2D eigenvalue weighted by Gasteiger charge is -2.27. The van der Waals surface area contributed by atoms with Crippen LogP contribution in [0.2, 0.25) is 0 Å². The molecule has 0 saturated carbocycles. The molecule has 2 N–H and O–H groups in total. The molecule has 8 heteroatoms. The molecule has 2 amide bonds. The number of nitrogens with zero attached hydrogens (tertiary/aromatic N) is 1. The second kappa shape index (κ2) is 17.0. The van der Waals surface area contributed by atoms with Crippen molar-refractivity contribution >= 4 is 23.6 Å². The Balaban J connectivity index is 1.69. The first kappa shape index (κ1) is 30.6. The molecule has 0 saturated heterocycles. The Bertz CT molecular complexity index is 989. The molecular weight excluding hydrogens is 489 g/mol. The van der Waals surface area contributed by atoms with Crippen molar-refractivity contribution in [3.05, 3.63) is 65.0 Å². The molecule has 0 aliphatic rings. The van der Waals surface area contributed by atoms with Crippen molar-refractivity contribution in [3.63, 3.8) is 0 Å². The minimum Gasteiger partial charge on any atom is -0.491 e. The van der Waals surface area contributed by atoms with Crippen LogP contribution in [0.15, 0.2) is 42.5 Å². The van der Waals surface area contributed by atoms with Crippen molar-refractivity contribution in [1.82, 2.24) is 15.5 Å². The van der Waals surface area contributed by atoms with Crippen LogP contribution in [0.4, 0.5) is 4.39 Å². The number of hydrogen-bond acceptors (Lipinski definition) is 5. The Hall–Kier alpha value is -2.58. The molecule has 0 fully saturated rings. The zero-order valence-corrected chi connectivity index (χ0v) is 23.5. The average Bonchev–Trinajstić information content (AvgIpc) is 2.87. The molecule has 0 aromatic heterocycles. The van der Waals surface area contributed by atoms with Gasteiger partial charge in [0.05, 0.1) is 6.61 Å². The molecule has 0 aliphatic heterocycles. The van der Waals surface area contributed by atoms with E-state index in [1.807, 2.05) is 13.2 Å². The van der Waals surface area contributed by atoms with Gasteiger partial charge in [0.15, 0.2) is 11.6 Å². The Labute approximate surface area is 225 Å². The van der Waals surface area contributed by atoms with Crippen molar-refractivity contribution in [1.29, 1.82) is 0 Å². The normalized spacial score (nSPS) is 11.7. The first-order chi connectivity index (χ1) is 17.8. The van der Waals surface area contributed by atoms with Gasteiger partial charge in [-0.05, 0) is 81.3 Å². The molecule has 1 atom stereocenters. The fraction of sp³-hybridized carbons (Fsp3) is 0.517. The number of hydrogen-bond donors (Lipinski definition) is 2. The van der Waals surface area contributed by atoms with Gasteiger partial charge in [-0.3, -0.25) is 9.59 Å². The van der Waals surface area contributed by atoms with Gasteiger partial charge in [-0.25, -0.2) is 4.39 Å². The fourth-order valence-corrected chi connectivity index (χ4v) is 4.42. The molecule has 37 heavy (non-hydrogen) atoms. The van der Waals surface area contributed by atoms with Gasteiger partial charge >= 0.3 is 0 Å². The first-order valence-corrected chi connectivity index (χ1v) is 14.4. The van der Waals surface area contributed by atoms with Crippen molar-refractivity contribution in [3.8, 4) is 5.75 Å². The number of carbonyl (C=O) groups is 2. The third-order valence-electron chi connectivity index (χ3n) is 6.13. The molecule has 6 nitrogen and oxygen atoms in total. The van der Waals surface area contributed by atoms with E-state index in [0.29, 0.717) is 38.8 Å². The summed E-state index contributed by atoms with van der Waals surface area (Å²) in [5.41, 5.74) is 3.33. The zero-order valence-electron chi connectivity index (χ0n) is 22.6. The maximum absolute atomic E-state index is 13.9. The molecule has 0 bridgehead atoms. The third kappa shape index (κ3) is 11.6. The van der Waals surface area contributed by atoms with Crippen LogP contribution in [0.1, 0.15) is 48.8 Å². The van der Waals surface area contributed by atoms with E-state index < -0.39 is 6.04 Å². The highest BCUT2D eigenvalue weighted by molar-refractivity contribution is 7.98. The number of amides is 2. The summed E-state index contributed by atoms with van der Waals surface area (Å²) in [5, 5.41) is 6.41. The highest BCUT2D eigenvalue weighted by atomic mass is 32.2. The lowest BCUT2D eigenvalue weighted by molar-refractivity contribution is -0.139. The third-order valence-corrected chi connectivity index (χ3v) is 6.77. The molecule has 0 radical (unpaired) electrons. The number of nitrogens with one attached hydrogen (secondary N) is 2. The van der Waals surface area contributed by atoms with Gasteiger partial charge in [0.1, 0.15) is 6.04 Å². The zero-order chi connectivity index (χ0) is 27.0. The summed E-state index contributed by atoms with van der Waals surface area (Å²) in [6, 6.07) is 12.8. The molecule has 2 rings (SSSR count). The predicted octanol–water partition coefficient (Wildman–Crippen LogP) is 4.87. The van der Waals surface area contributed by atoms with Crippen LogP contribution in [0.25, 0.3) is 0 Å². The Morgan fingerprint density at radius 2 is 1.84 bits per heavy atom. The molecule has 2 aromatic rings. The van der Waals surface area contributed by atoms with Gasteiger partial charge in [-0.1, -0.05) is 35.9 Å². The summed E-state index contributed by atoms with van der Waals surface area (Å²) in [6.45, 7) is 6.40. The Morgan fingerprint density at radius 1 is 1.05 bits per heavy atom. The maximum Gasteiger partial charge on any atom is 0.242 e. The summed E-state index contributed by atoms with van der Waals surface area (Å²) in [6.07, 6.45) is 4.97. The SMILES string of the molecule is CSCCC(C(=O)NCCCNCc1cccc(C)c1)N(C)C(=O)CCCCOc1ccc(C)cc1F. The standard InChI is InChI=1S/C29H42FN3O3S/c1-22-9-7-10-24(19-22)21-31-15-8-16-32-29(35)26(14-18-37-4)33(3)28(34)11-5-6-17-36-27-13-12-23(2)20-25(27)30/h7,9-10,12-13,19-20,26,31H,5-6,8,11,14-18,21H2,1-4H3,(H,32,35). The summed E-state index contributed by atoms with van der Waals surface area (Å²) >= 11 is 1.66. The molecule has 0 heterocycles. The van der Waals surface area contributed by atoms with Gasteiger partial charge in [-0.2, -0.15) is 11.8 Å². The predicted molar refractivity (Wildman–Crippen MR) is 151 cm³/mol. The van der Waals surface area contributed by atoms with Crippen LogP contribution in [-0.4, -0.2) is 61.5 Å². The summed E-state index contributed by atoms with van der Waals surface area (Å²) in [5.74, 6) is 0.474. The second-order valence-corrected chi connectivity index (χ2v) is 10.3. The van der Waals surface area contributed by atoms with Crippen molar-refractivity contribution in [2.45, 2.75) is 58.5 Å². The van der Waals surface area contributed by atoms with Gasteiger partial charge in [0.2, 0.25) is 11.8 Å². The highest BCUT2D eigenvalue weighted by Gasteiger charge is 2.25. The van der Waals surface area contributed by atoms with Gasteiger partial charge in [-0.15, -0.1) is 0 Å². The Morgan fingerprint density at radius 3 is 2.57 bits per heavy atom. The summed E-state index contributed by atoms with van der Waals surface area (Å²) < 4.78 is 19.4. The average molecular weight is 532 g/mol. The van der Waals surface area contributed by atoms with Crippen LogP contribution in [0.3, 0.4) is 0 Å². The molecular formula is C29H42FN3O3S. The largest absolute Gasteiger partial charge is 0.491 e. The fourth-order valence-electron chi connectivity index (χ4n) is 3.96. The number of thioether (sulfide) groups is 1. The van der Waals surface area contributed by atoms with Crippen LogP contribution in [0, 0.1) is 19.7 Å². The van der Waals surface area contributed by atoms with E-state index in [2.05, 4.69) is 41.8 Å². The number of benzene rings is 2. The van der Waals surface area contributed by atoms with Gasteiger partial charge < -0.3 is 20.3 Å². The van der Waals surface area contributed by atoms with Gasteiger partial charge in [0.25, 0.3) is 0 Å². The van der Waals surface area contributed by atoms with Crippen LogP contribution < -0.4 is 15.4 Å². The van der Waals surface area contributed by atoms with Crippen molar-refractivity contribution < 1.29 is 18.7 Å². The number of likely N-dealkylation sites (N-methyl/N-ethyl adjacent to an activating group) is 1.